The zero-order valence-electron chi connectivity index (χ0n) is 12.0. The van der Waals surface area contributed by atoms with E-state index in [0.717, 1.165) is 22.3 Å². The van der Waals surface area contributed by atoms with Crippen molar-refractivity contribution < 1.29 is 0 Å². The van der Waals surface area contributed by atoms with E-state index in [1.807, 2.05) is 25.2 Å². The van der Waals surface area contributed by atoms with Crippen LogP contribution in [0.5, 0.6) is 0 Å². The van der Waals surface area contributed by atoms with Gasteiger partial charge in [-0.1, -0.05) is 55.1 Å². The lowest BCUT2D eigenvalue weighted by Gasteiger charge is -2.02. The first kappa shape index (κ1) is 14.9. The van der Waals surface area contributed by atoms with Gasteiger partial charge in [0.1, 0.15) is 0 Å². The SMILES string of the molecule is C=C(/C=C\C(=C)c1ccc(C)cc1)/C(C)=C/C=NC. The average Bonchev–Trinajstić information content (AvgIpc) is 2.42. The van der Waals surface area contributed by atoms with Crippen LogP contribution < -0.4 is 0 Å². The van der Waals surface area contributed by atoms with Crippen LogP contribution in [0.2, 0.25) is 0 Å². The number of rotatable bonds is 5. The molecule has 1 heteroatoms. The summed E-state index contributed by atoms with van der Waals surface area (Å²) in [5, 5.41) is 0. The van der Waals surface area contributed by atoms with Gasteiger partial charge >= 0.3 is 0 Å². The van der Waals surface area contributed by atoms with E-state index in [1.165, 1.54) is 5.56 Å². The van der Waals surface area contributed by atoms with Crippen molar-refractivity contribution in [2.75, 3.05) is 7.05 Å². The number of benzene rings is 1. The first-order valence-electron chi connectivity index (χ1n) is 6.27. The second-order valence-corrected chi connectivity index (χ2v) is 4.51. The Bertz CT molecular complexity index is 540. The van der Waals surface area contributed by atoms with Gasteiger partial charge in [-0.25, -0.2) is 0 Å². The van der Waals surface area contributed by atoms with E-state index in [2.05, 4.69) is 49.3 Å². The molecule has 1 aromatic rings. The molecule has 0 aliphatic rings. The fraction of sp³-hybridized carbons (Fsp3) is 0.167. The zero-order valence-corrected chi connectivity index (χ0v) is 12.0. The maximum atomic E-state index is 4.07. The molecule has 0 spiro atoms. The van der Waals surface area contributed by atoms with E-state index in [9.17, 15) is 0 Å². The van der Waals surface area contributed by atoms with Crippen molar-refractivity contribution in [3.8, 4) is 0 Å². The molecule has 1 rings (SSSR count). The van der Waals surface area contributed by atoms with Crippen molar-refractivity contribution in [1.29, 1.82) is 0 Å². The molecule has 0 unspecified atom stereocenters. The number of nitrogens with zero attached hydrogens (tertiary/aromatic N) is 1. The number of hydrogen-bond acceptors (Lipinski definition) is 1. The highest BCUT2D eigenvalue weighted by Gasteiger charge is 1.95. The van der Waals surface area contributed by atoms with Gasteiger partial charge in [0.05, 0.1) is 0 Å². The van der Waals surface area contributed by atoms with Gasteiger partial charge < -0.3 is 0 Å². The Kier molecular flexibility index (Phi) is 5.74. The van der Waals surface area contributed by atoms with Crippen LogP contribution in [0.4, 0.5) is 0 Å². The molecule has 0 amide bonds. The molecule has 1 aromatic carbocycles. The van der Waals surface area contributed by atoms with Crippen LogP contribution in [0, 0.1) is 6.92 Å². The number of aliphatic imine (C=N–C) groups is 1. The molecule has 0 heterocycles. The first-order chi connectivity index (χ1) is 9.04. The van der Waals surface area contributed by atoms with Crippen molar-refractivity contribution in [3.05, 3.63) is 77.9 Å². The number of hydrogen-bond donors (Lipinski definition) is 0. The van der Waals surface area contributed by atoms with Crippen LogP contribution >= 0.6 is 0 Å². The molecule has 19 heavy (non-hydrogen) atoms. The second-order valence-electron chi connectivity index (χ2n) is 4.51. The van der Waals surface area contributed by atoms with E-state index in [0.29, 0.717) is 0 Å². The third-order valence-corrected chi connectivity index (χ3v) is 2.89. The van der Waals surface area contributed by atoms with E-state index in [-0.39, 0.29) is 0 Å². The third kappa shape index (κ3) is 4.92. The summed E-state index contributed by atoms with van der Waals surface area (Å²) >= 11 is 0. The molecule has 0 aromatic heterocycles. The summed E-state index contributed by atoms with van der Waals surface area (Å²) in [7, 11) is 1.75. The highest BCUT2D eigenvalue weighted by molar-refractivity contribution is 5.75. The molecule has 0 bridgehead atoms. The molecule has 0 radical (unpaired) electrons. The number of aryl methyl sites for hydroxylation is 1. The van der Waals surface area contributed by atoms with Crippen molar-refractivity contribution in [2.45, 2.75) is 13.8 Å². The molecule has 0 saturated carbocycles. The van der Waals surface area contributed by atoms with Crippen LogP contribution in [-0.4, -0.2) is 13.3 Å². The van der Waals surface area contributed by atoms with Crippen molar-refractivity contribution in [3.63, 3.8) is 0 Å². The van der Waals surface area contributed by atoms with Crippen LogP contribution in [0.3, 0.4) is 0 Å². The van der Waals surface area contributed by atoms with Crippen LogP contribution in [0.15, 0.2) is 71.8 Å². The summed E-state index contributed by atoms with van der Waals surface area (Å²) in [6.45, 7) is 12.2. The summed E-state index contributed by atoms with van der Waals surface area (Å²) in [6.07, 6.45) is 7.69. The topological polar surface area (TPSA) is 12.4 Å². The second kappa shape index (κ2) is 7.32. The maximum Gasteiger partial charge on any atom is 0.0277 e. The lowest BCUT2D eigenvalue weighted by molar-refractivity contribution is 1.43. The minimum atomic E-state index is 0.966. The Hall–Kier alpha value is -2.15. The van der Waals surface area contributed by atoms with Gasteiger partial charge in [0, 0.05) is 13.3 Å². The minimum absolute atomic E-state index is 0.966. The van der Waals surface area contributed by atoms with Gasteiger partial charge in [-0.15, -0.1) is 0 Å². The molecule has 0 atom stereocenters. The highest BCUT2D eigenvalue weighted by Crippen LogP contribution is 2.16. The molecule has 0 saturated heterocycles. The molecule has 0 N–H and O–H groups in total. The lowest BCUT2D eigenvalue weighted by atomic mass is 10.0. The summed E-state index contributed by atoms with van der Waals surface area (Å²) in [6, 6.07) is 8.34. The standard InChI is InChI=1S/C18H21N/c1-14-6-10-18(11-7-14)17(4)9-8-15(2)16(3)12-13-19-5/h6-13H,2,4H2,1,3,5H3/b9-8-,16-12+,19-13?. The predicted molar refractivity (Wildman–Crippen MR) is 86.7 cm³/mol. The van der Waals surface area contributed by atoms with Crippen molar-refractivity contribution in [2.24, 2.45) is 4.99 Å². The molecule has 0 aliphatic heterocycles. The predicted octanol–water partition coefficient (Wildman–Crippen LogP) is 4.77. The fourth-order valence-corrected chi connectivity index (χ4v) is 1.49. The lowest BCUT2D eigenvalue weighted by Crippen LogP contribution is -1.82. The smallest absolute Gasteiger partial charge is 0.0277 e. The normalized spacial score (nSPS) is 12.3. The first-order valence-corrected chi connectivity index (χ1v) is 6.27. The van der Waals surface area contributed by atoms with Gasteiger partial charge in [-0.3, -0.25) is 4.99 Å². The fourth-order valence-electron chi connectivity index (χ4n) is 1.49. The van der Waals surface area contributed by atoms with Gasteiger partial charge in [0.15, 0.2) is 0 Å². The average molecular weight is 251 g/mol. The molecular weight excluding hydrogens is 230 g/mol. The Morgan fingerprint density at radius 2 is 1.74 bits per heavy atom. The maximum absolute atomic E-state index is 4.07. The summed E-state index contributed by atoms with van der Waals surface area (Å²) in [5.41, 5.74) is 5.43. The monoisotopic (exact) mass is 251 g/mol. The van der Waals surface area contributed by atoms with E-state index < -0.39 is 0 Å². The molecule has 1 nitrogen and oxygen atoms in total. The highest BCUT2D eigenvalue weighted by atomic mass is 14.6. The van der Waals surface area contributed by atoms with Crippen LogP contribution in [0.1, 0.15) is 18.1 Å². The van der Waals surface area contributed by atoms with Crippen LogP contribution in [-0.2, 0) is 0 Å². The largest absolute Gasteiger partial charge is 0.297 e. The van der Waals surface area contributed by atoms with Gasteiger partial charge in [-0.2, -0.15) is 0 Å². The number of allylic oxidation sites excluding steroid dienone is 6. The molecular formula is C18H21N. The third-order valence-electron chi connectivity index (χ3n) is 2.89. The zero-order chi connectivity index (χ0) is 14.3. The van der Waals surface area contributed by atoms with Gasteiger partial charge in [0.2, 0.25) is 0 Å². The Balaban J connectivity index is 2.74. The van der Waals surface area contributed by atoms with Crippen molar-refractivity contribution in [1.82, 2.24) is 0 Å². The van der Waals surface area contributed by atoms with Gasteiger partial charge in [-0.05, 0) is 42.2 Å². The Morgan fingerprint density at radius 3 is 2.32 bits per heavy atom. The van der Waals surface area contributed by atoms with Gasteiger partial charge in [0.25, 0.3) is 0 Å². The summed E-state index contributed by atoms with van der Waals surface area (Å²) in [5.74, 6) is 0. The Morgan fingerprint density at radius 1 is 1.11 bits per heavy atom. The molecule has 98 valence electrons. The van der Waals surface area contributed by atoms with E-state index >= 15 is 0 Å². The van der Waals surface area contributed by atoms with Crippen molar-refractivity contribution >= 4 is 11.8 Å². The minimum Gasteiger partial charge on any atom is -0.297 e. The molecule has 0 aliphatic carbocycles. The summed E-state index contributed by atoms with van der Waals surface area (Å²) < 4.78 is 0. The quantitative estimate of drug-likeness (QED) is 0.528. The molecule has 0 fully saturated rings. The van der Waals surface area contributed by atoms with E-state index in [4.69, 9.17) is 0 Å². The van der Waals surface area contributed by atoms with E-state index in [1.54, 1.807) is 13.3 Å². The summed E-state index contributed by atoms with van der Waals surface area (Å²) in [4.78, 5) is 3.92. The van der Waals surface area contributed by atoms with Crippen LogP contribution in [0.25, 0.3) is 5.57 Å². The Labute approximate surface area is 116 Å².